The molecule has 13 heavy (non-hydrogen) atoms. The summed E-state index contributed by atoms with van der Waals surface area (Å²) in [5, 5.41) is 3.31. The lowest BCUT2D eigenvalue weighted by atomic mass is 9.99. The average molecular weight is 195 g/mol. The third-order valence-electron chi connectivity index (χ3n) is 2.24. The first-order chi connectivity index (χ1) is 6.16. The van der Waals surface area contributed by atoms with Crippen LogP contribution in [0.1, 0.15) is 27.7 Å². The van der Waals surface area contributed by atoms with Crippen LogP contribution in [-0.2, 0) is 0 Å². The molecule has 1 aliphatic rings. The molecule has 1 aliphatic heterocycles. The number of thioether (sulfide) groups is 1. The van der Waals surface area contributed by atoms with Gasteiger partial charge in [0.2, 0.25) is 0 Å². The smallest absolute Gasteiger partial charge is 0.102 e. The Kier molecular flexibility index (Phi) is 3.79. The van der Waals surface area contributed by atoms with Gasteiger partial charge in [0.1, 0.15) is 5.04 Å². The molecule has 0 aliphatic carbocycles. The zero-order valence-corrected chi connectivity index (χ0v) is 9.61. The van der Waals surface area contributed by atoms with Crippen molar-refractivity contribution in [1.82, 2.24) is 0 Å². The summed E-state index contributed by atoms with van der Waals surface area (Å²) in [5.74, 6) is 0.611. The lowest BCUT2D eigenvalue weighted by Crippen LogP contribution is -2.00. The van der Waals surface area contributed by atoms with Gasteiger partial charge in [-0.25, -0.2) is 0 Å². The maximum atomic E-state index is 4.47. The van der Waals surface area contributed by atoms with Crippen molar-refractivity contribution in [3.63, 3.8) is 0 Å². The highest BCUT2D eigenvalue weighted by Gasteiger charge is 2.14. The molecule has 1 heterocycles. The van der Waals surface area contributed by atoms with Crippen molar-refractivity contribution >= 4 is 16.8 Å². The summed E-state index contributed by atoms with van der Waals surface area (Å²) in [6, 6.07) is 0. The summed E-state index contributed by atoms with van der Waals surface area (Å²) in [6.07, 6.45) is 2.18. The second-order valence-electron chi connectivity index (χ2n) is 3.45. The van der Waals surface area contributed by atoms with Crippen LogP contribution in [0.5, 0.6) is 0 Å². The molecule has 0 saturated carbocycles. The first kappa shape index (κ1) is 10.6. The van der Waals surface area contributed by atoms with Crippen molar-refractivity contribution < 1.29 is 0 Å². The highest BCUT2D eigenvalue weighted by Crippen LogP contribution is 2.28. The fourth-order valence-electron chi connectivity index (χ4n) is 1.18. The molecular weight excluding hydrogens is 178 g/mol. The Bertz CT molecular complexity index is 272. The molecule has 0 aromatic carbocycles. The quantitative estimate of drug-likeness (QED) is 0.655. The van der Waals surface area contributed by atoms with Crippen molar-refractivity contribution in [2.45, 2.75) is 27.7 Å². The first-order valence-electron chi connectivity index (χ1n) is 4.75. The molecule has 0 bridgehead atoms. The van der Waals surface area contributed by atoms with Crippen molar-refractivity contribution in [3.05, 3.63) is 22.6 Å². The van der Waals surface area contributed by atoms with Crippen molar-refractivity contribution in [2.75, 3.05) is 6.54 Å². The maximum Gasteiger partial charge on any atom is 0.102 e. The van der Waals surface area contributed by atoms with Gasteiger partial charge in [-0.2, -0.15) is 0 Å². The molecular formula is C11H17NS. The number of allylic oxidation sites excluding steroid dienone is 2. The fourth-order valence-corrected chi connectivity index (χ4v) is 2.07. The SMILES string of the molecule is CCN=C1SC=C/C1=C(/C)C(C)C. The molecule has 72 valence electrons. The largest absolute Gasteiger partial charge is 0.278 e. The minimum absolute atomic E-state index is 0.611. The van der Waals surface area contributed by atoms with Gasteiger partial charge < -0.3 is 0 Å². The predicted octanol–water partition coefficient (Wildman–Crippen LogP) is 3.64. The van der Waals surface area contributed by atoms with E-state index in [4.69, 9.17) is 0 Å². The van der Waals surface area contributed by atoms with Crippen molar-refractivity contribution in [2.24, 2.45) is 10.9 Å². The Balaban J connectivity index is 2.96. The van der Waals surface area contributed by atoms with Crippen LogP contribution < -0.4 is 0 Å². The van der Waals surface area contributed by atoms with Crippen molar-refractivity contribution in [3.8, 4) is 0 Å². The summed E-state index contributed by atoms with van der Waals surface area (Å²) < 4.78 is 0. The first-order valence-corrected chi connectivity index (χ1v) is 5.63. The minimum atomic E-state index is 0.611. The van der Waals surface area contributed by atoms with E-state index in [1.165, 1.54) is 16.2 Å². The molecule has 0 unspecified atom stereocenters. The molecule has 0 N–H and O–H groups in total. The number of hydrogen-bond acceptors (Lipinski definition) is 2. The Hall–Kier alpha value is -0.500. The second kappa shape index (κ2) is 4.66. The van der Waals surface area contributed by atoms with Crippen LogP contribution in [0.15, 0.2) is 27.6 Å². The monoisotopic (exact) mass is 195 g/mol. The highest BCUT2D eigenvalue weighted by molar-refractivity contribution is 8.17. The number of nitrogens with zero attached hydrogens (tertiary/aromatic N) is 1. The van der Waals surface area contributed by atoms with E-state index in [-0.39, 0.29) is 0 Å². The van der Waals surface area contributed by atoms with Crippen LogP contribution >= 0.6 is 11.8 Å². The van der Waals surface area contributed by atoms with Gasteiger partial charge in [0.25, 0.3) is 0 Å². The van der Waals surface area contributed by atoms with E-state index in [1.807, 2.05) is 0 Å². The Labute approximate surface area is 85.0 Å². The zero-order chi connectivity index (χ0) is 9.84. The molecule has 0 atom stereocenters. The topological polar surface area (TPSA) is 12.4 Å². The van der Waals surface area contributed by atoms with E-state index in [2.05, 4.69) is 44.2 Å². The van der Waals surface area contributed by atoms with Crippen LogP contribution in [-0.4, -0.2) is 11.6 Å². The third kappa shape index (κ3) is 2.47. The van der Waals surface area contributed by atoms with Gasteiger partial charge in [-0.05, 0) is 31.2 Å². The molecule has 0 aromatic rings. The van der Waals surface area contributed by atoms with Crippen LogP contribution in [0.25, 0.3) is 0 Å². The van der Waals surface area contributed by atoms with Gasteiger partial charge in [-0.3, -0.25) is 4.99 Å². The second-order valence-corrected chi connectivity index (χ2v) is 4.35. The zero-order valence-electron chi connectivity index (χ0n) is 8.79. The summed E-state index contributed by atoms with van der Waals surface area (Å²) in [7, 11) is 0. The summed E-state index contributed by atoms with van der Waals surface area (Å²) in [6.45, 7) is 9.60. The Morgan fingerprint density at radius 3 is 2.77 bits per heavy atom. The molecule has 0 aromatic heterocycles. The fraction of sp³-hybridized carbons (Fsp3) is 0.545. The number of rotatable bonds is 2. The van der Waals surface area contributed by atoms with Crippen LogP contribution in [0, 0.1) is 5.92 Å². The van der Waals surface area contributed by atoms with E-state index < -0.39 is 0 Å². The normalized spacial score (nSPS) is 23.3. The van der Waals surface area contributed by atoms with E-state index in [9.17, 15) is 0 Å². The molecule has 1 rings (SSSR count). The minimum Gasteiger partial charge on any atom is -0.278 e. The molecule has 0 spiro atoms. The number of hydrogen-bond donors (Lipinski definition) is 0. The van der Waals surface area contributed by atoms with Gasteiger partial charge in [-0.15, -0.1) is 0 Å². The lowest BCUT2D eigenvalue weighted by molar-refractivity contribution is 0.766. The summed E-state index contributed by atoms with van der Waals surface area (Å²) in [5.41, 5.74) is 2.77. The molecule has 2 heteroatoms. The molecule has 1 nitrogen and oxygen atoms in total. The standard InChI is InChI=1S/C11H17NS/c1-5-12-11-10(6-7-13-11)9(4)8(2)3/h6-8H,5H2,1-4H3/b10-9+,12-11?. The van der Waals surface area contributed by atoms with E-state index in [0.717, 1.165) is 6.54 Å². The summed E-state index contributed by atoms with van der Waals surface area (Å²) in [4.78, 5) is 4.47. The van der Waals surface area contributed by atoms with Gasteiger partial charge >= 0.3 is 0 Å². The van der Waals surface area contributed by atoms with Crippen molar-refractivity contribution in [1.29, 1.82) is 0 Å². The molecule has 0 amide bonds. The highest BCUT2D eigenvalue weighted by atomic mass is 32.2. The van der Waals surface area contributed by atoms with Crippen LogP contribution in [0.3, 0.4) is 0 Å². The van der Waals surface area contributed by atoms with Gasteiger partial charge in [0, 0.05) is 12.1 Å². The van der Waals surface area contributed by atoms with Crippen LogP contribution in [0.4, 0.5) is 0 Å². The predicted molar refractivity (Wildman–Crippen MR) is 62.2 cm³/mol. The Morgan fingerprint density at radius 1 is 1.54 bits per heavy atom. The maximum absolute atomic E-state index is 4.47. The van der Waals surface area contributed by atoms with E-state index in [1.54, 1.807) is 11.8 Å². The molecule has 0 saturated heterocycles. The van der Waals surface area contributed by atoms with Gasteiger partial charge in [0.15, 0.2) is 0 Å². The Morgan fingerprint density at radius 2 is 2.23 bits per heavy atom. The van der Waals surface area contributed by atoms with Gasteiger partial charge in [0.05, 0.1) is 0 Å². The molecule has 0 radical (unpaired) electrons. The number of aliphatic imine (C=N–C) groups is 1. The van der Waals surface area contributed by atoms with E-state index in [0.29, 0.717) is 5.92 Å². The van der Waals surface area contributed by atoms with Crippen LogP contribution in [0.2, 0.25) is 0 Å². The average Bonchev–Trinajstić information content (AvgIpc) is 2.52. The van der Waals surface area contributed by atoms with E-state index >= 15 is 0 Å². The summed E-state index contributed by atoms with van der Waals surface area (Å²) >= 11 is 1.73. The van der Waals surface area contributed by atoms with Gasteiger partial charge in [-0.1, -0.05) is 31.2 Å². The molecule has 0 fully saturated rings. The lowest BCUT2D eigenvalue weighted by Gasteiger charge is -2.09. The third-order valence-corrected chi connectivity index (χ3v) is 3.08.